The van der Waals surface area contributed by atoms with Gasteiger partial charge in [-0.25, -0.2) is 9.80 Å². The molecule has 2 aromatic carbocycles. The monoisotopic (exact) mass is 408 g/mol. The number of esters is 1. The molecule has 0 aliphatic carbocycles. The third kappa shape index (κ3) is 3.06. The summed E-state index contributed by atoms with van der Waals surface area (Å²) in [6.45, 7) is 0. The van der Waals surface area contributed by atoms with E-state index in [9.17, 15) is 4.79 Å². The van der Waals surface area contributed by atoms with E-state index in [-0.39, 0.29) is 12.0 Å². The molecule has 2 aliphatic heterocycles. The third-order valence-electron chi connectivity index (χ3n) is 5.17. The Morgan fingerprint density at radius 3 is 2.76 bits per heavy atom. The lowest BCUT2D eigenvalue weighted by molar-refractivity contribution is -0.0190. The summed E-state index contributed by atoms with van der Waals surface area (Å²) in [4.78, 5) is 11.7. The second-order valence-electron chi connectivity index (χ2n) is 6.89. The number of methoxy groups -OCH3 is 1. The molecule has 6 nitrogen and oxygen atoms in total. The molecule has 0 saturated carbocycles. The van der Waals surface area contributed by atoms with Crippen LogP contribution in [0.5, 0.6) is 5.75 Å². The molecule has 0 unspecified atom stereocenters. The number of carbonyl (C=O) groups excluding carboxylic acids is 1. The van der Waals surface area contributed by atoms with Gasteiger partial charge >= 0.3 is 5.97 Å². The molecule has 7 heteroatoms. The highest BCUT2D eigenvalue weighted by Gasteiger charge is 2.41. The summed E-state index contributed by atoms with van der Waals surface area (Å²) in [6, 6.07) is 16.5. The molecular formula is C22H17ClN2O4. The summed E-state index contributed by atoms with van der Waals surface area (Å²) in [5.41, 5.74) is 3.21. The predicted molar refractivity (Wildman–Crippen MR) is 107 cm³/mol. The van der Waals surface area contributed by atoms with Crippen LogP contribution in [-0.4, -0.2) is 23.8 Å². The summed E-state index contributed by atoms with van der Waals surface area (Å²) in [5.74, 6) is 1.13. The number of carbonyl (C=O) groups is 1. The van der Waals surface area contributed by atoms with E-state index < -0.39 is 6.23 Å². The molecule has 0 amide bonds. The lowest BCUT2D eigenvalue weighted by Crippen LogP contribution is -2.33. The van der Waals surface area contributed by atoms with Crippen molar-refractivity contribution < 1.29 is 18.7 Å². The molecule has 3 heterocycles. The molecular weight excluding hydrogens is 392 g/mol. The van der Waals surface area contributed by atoms with E-state index in [4.69, 9.17) is 30.6 Å². The minimum Gasteiger partial charge on any atom is -0.465 e. The quantitative estimate of drug-likeness (QED) is 0.573. The van der Waals surface area contributed by atoms with Crippen molar-refractivity contribution in [3.63, 3.8) is 0 Å². The van der Waals surface area contributed by atoms with E-state index in [0.29, 0.717) is 17.0 Å². The van der Waals surface area contributed by atoms with Crippen molar-refractivity contribution >= 4 is 23.3 Å². The Labute approximate surface area is 172 Å². The fourth-order valence-corrected chi connectivity index (χ4v) is 3.95. The van der Waals surface area contributed by atoms with Crippen molar-refractivity contribution in [2.24, 2.45) is 5.10 Å². The highest BCUT2D eigenvalue weighted by molar-refractivity contribution is 6.30. The summed E-state index contributed by atoms with van der Waals surface area (Å²) in [7, 11) is 1.36. The number of hydrazone groups is 1. The van der Waals surface area contributed by atoms with Gasteiger partial charge in [-0.05, 0) is 42.5 Å². The van der Waals surface area contributed by atoms with Crippen LogP contribution >= 0.6 is 11.6 Å². The lowest BCUT2D eigenvalue weighted by Gasteiger charge is -2.38. The number of ether oxygens (including phenoxy) is 2. The zero-order chi connectivity index (χ0) is 20.0. The van der Waals surface area contributed by atoms with Crippen LogP contribution in [0.25, 0.3) is 0 Å². The van der Waals surface area contributed by atoms with Crippen molar-refractivity contribution in [2.45, 2.75) is 18.7 Å². The Balaban J connectivity index is 1.56. The molecule has 1 aromatic heterocycles. The minimum absolute atomic E-state index is 0.0252. The van der Waals surface area contributed by atoms with Crippen molar-refractivity contribution in [2.75, 3.05) is 7.11 Å². The SMILES string of the molecule is COC(=O)c1ccc([C@H]2Oc3ccc(Cl)cc3[C@H]3CC(c4ccco4)=NN32)cc1. The van der Waals surface area contributed by atoms with Crippen LogP contribution in [0, 0.1) is 0 Å². The highest BCUT2D eigenvalue weighted by atomic mass is 35.5. The molecule has 0 radical (unpaired) electrons. The first-order chi connectivity index (χ1) is 14.1. The smallest absolute Gasteiger partial charge is 0.337 e. The second-order valence-corrected chi connectivity index (χ2v) is 7.33. The number of rotatable bonds is 3. The van der Waals surface area contributed by atoms with E-state index in [2.05, 4.69) is 0 Å². The van der Waals surface area contributed by atoms with Crippen LogP contribution in [0.4, 0.5) is 0 Å². The van der Waals surface area contributed by atoms with Crippen molar-refractivity contribution in [3.8, 4) is 5.75 Å². The topological polar surface area (TPSA) is 64.3 Å². The Morgan fingerprint density at radius 1 is 1.21 bits per heavy atom. The van der Waals surface area contributed by atoms with Crippen LogP contribution in [0.2, 0.25) is 5.02 Å². The molecule has 3 aromatic rings. The Hall–Kier alpha value is -3.25. The van der Waals surface area contributed by atoms with E-state index in [0.717, 1.165) is 28.3 Å². The van der Waals surface area contributed by atoms with Gasteiger partial charge in [0, 0.05) is 22.6 Å². The largest absolute Gasteiger partial charge is 0.465 e. The molecule has 0 fully saturated rings. The van der Waals surface area contributed by atoms with Gasteiger partial charge in [-0.15, -0.1) is 0 Å². The highest BCUT2D eigenvalue weighted by Crippen LogP contribution is 2.48. The van der Waals surface area contributed by atoms with Gasteiger partial charge in [0.1, 0.15) is 17.2 Å². The first kappa shape index (κ1) is 17.8. The van der Waals surface area contributed by atoms with Gasteiger partial charge in [0.2, 0.25) is 6.23 Å². The molecule has 0 bridgehead atoms. The fourth-order valence-electron chi connectivity index (χ4n) is 3.77. The number of benzene rings is 2. The van der Waals surface area contributed by atoms with E-state index in [1.807, 2.05) is 47.5 Å². The summed E-state index contributed by atoms with van der Waals surface area (Å²) in [6.07, 6.45) is 1.88. The van der Waals surface area contributed by atoms with Crippen molar-refractivity contribution in [1.29, 1.82) is 0 Å². The molecule has 0 spiro atoms. The Morgan fingerprint density at radius 2 is 2.03 bits per heavy atom. The average molecular weight is 409 g/mol. The number of nitrogens with zero attached hydrogens (tertiary/aromatic N) is 2. The maximum absolute atomic E-state index is 11.7. The fraction of sp³-hybridized carbons (Fsp3) is 0.182. The second kappa shape index (κ2) is 6.97. The Bertz CT molecular complexity index is 1090. The molecule has 5 rings (SSSR count). The van der Waals surface area contributed by atoms with Crippen molar-refractivity contribution in [3.05, 3.63) is 88.3 Å². The van der Waals surface area contributed by atoms with Gasteiger partial charge in [-0.2, -0.15) is 5.10 Å². The maximum Gasteiger partial charge on any atom is 0.337 e. The summed E-state index contributed by atoms with van der Waals surface area (Å²) >= 11 is 6.24. The predicted octanol–water partition coefficient (Wildman–Crippen LogP) is 4.96. The number of halogens is 1. The number of hydrogen-bond acceptors (Lipinski definition) is 6. The normalized spacial score (nSPS) is 19.8. The summed E-state index contributed by atoms with van der Waals surface area (Å²) in [5, 5.41) is 7.40. The van der Waals surface area contributed by atoms with Gasteiger partial charge in [-0.1, -0.05) is 23.7 Å². The Kier molecular flexibility index (Phi) is 4.28. The van der Waals surface area contributed by atoms with Crippen LogP contribution < -0.4 is 4.74 Å². The number of hydrogen-bond donors (Lipinski definition) is 0. The van der Waals surface area contributed by atoms with Crippen LogP contribution in [0.3, 0.4) is 0 Å². The molecule has 2 aliphatic rings. The van der Waals surface area contributed by atoms with Crippen LogP contribution in [0.1, 0.15) is 45.9 Å². The van der Waals surface area contributed by atoms with E-state index in [1.54, 1.807) is 18.4 Å². The van der Waals surface area contributed by atoms with Crippen molar-refractivity contribution in [1.82, 2.24) is 5.01 Å². The van der Waals surface area contributed by atoms with E-state index in [1.165, 1.54) is 7.11 Å². The van der Waals surface area contributed by atoms with Gasteiger partial charge in [0.25, 0.3) is 0 Å². The first-order valence-electron chi connectivity index (χ1n) is 9.18. The van der Waals surface area contributed by atoms with Gasteiger partial charge in [0.05, 0.1) is 25.0 Å². The zero-order valence-electron chi connectivity index (χ0n) is 15.5. The molecule has 146 valence electrons. The first-order valence-corrected chi connectivity index (χ1v) is 9.56. The zero-order valence-corrected chi connectivity index (χ0v) is 16.3. The molecule has 29 heavy (non-hydrogen) atoms. The van der Waals surface area contributed by atoms with Crippen LogP contribution in [-0.2, 0) is 4.74 Å². The molecule has 0 N–H and O–H groups in total. The average Bonchev–Trinajstić information content (AvgIpc) is 3.43. The van der Waals surface area contributed by atoms with Gasteiger partial charge in [-0.3, -0.25) is 0 Å². The lowest BCUT2D eigenvalue weighted by atomic mass is 9.97. The van der Waals surface area contributed by atoms with Gasteiger partial charge in [0.15, 0.2) is 0 Å². The molecule has 0 saturated heterocycles. The number of furan rings is 1. The van der Waals surface area contributed by atoms with Crippen LogP contribution in [0.15, 0.2) is 70.4 Å². The molecule has 2 atom stereocenters. The van der Waals surface area contributed by atoms with Gasteiger partial charge < -0.3 is 13.9 Å². The third-order valence-corrected chi connectivity index (χ3v) is 5.41. The van der Waals surface area contributed by atoms with E-state index >= 15 is 0 Å². The maximum atomic E-state index is 11.7. The number of fused-ring (bicyclic) bond motifs is 3. The summed E-state index contributed by atoms with van der Waals surface area (Å²) < 4.78 is 16.6. The minimum atomic E-state index is -0.437. The standard InChI is InChI=1S/C22H17ClN2O4/c1-27-22(26)14-6-4-13(5-7-14)21-25-18(12-17(24-25)20-3-2-10-28-20)16-11-15(23)8-9-19(16)29-21/h2-11,18,21H,12H2,1H3/t18-,21-/m1/s1.